The van der Waals surface area contributed by atoms with Crippen molar-refractivity contribution in [1.29, 1.82) is 0 Å². The largest absolute Gasteiger partial charge is 0.508 e. The maximum Gasteiger partial charge on any atom is 0.159 e. The normalized spacial score (nSPS) is 15.0. The number of anilines is 1. The second-order valence-corrected chi connectivity index (χ2v) is 5.56. The lowest BCUT2D eigenvalue weighted by atomic mass is 10.0. The predicted octanol–water partition coefficient (Wildman–Crippen LogP) is 2.84. The smallest absolute Gasteiger partial charge is 0.159 e. The van der Waals surface area contributed by atoms with Gasteiger partial charge in [0.1, 0.15) is 11.4 Å². The Morgan fingerprint density at radius 2 is 1.57 bits per heavy atom. The van der Waals surface area contributed by atoms with E-state index in [2.05, 4.69) is 27.2 Å². The molecule has 0 unspecified atom stereocenters. The SMILES string of the molecule is Oc1ccc(-c2nnc(N3CCOCC3)c3ccccc23)cc1. The van der Waals surface area contributed by atoms with Crippen molar-refractivity contribution in [3.05, 3.63) is 48.5 Å². The summed E-state index contributed by atoms with van der Waals surface area (Å²) in [6.45, 7) is 3.10. The highest BCUT2D eigenvalue weighted by molar-refractivity contribution is 6.00. The first-order valence-electron chi connectivity index (χ1n) is 7.70. The predicted molar refractivity (Wildman–Crippen MR) is 89.7 cm³/mol. The number of fused-ring (bicyclic) bond motifs is 1. The van der Waals surface area contributed by atoms with Gasteiger partial charge in [-0.2, -0.15) is 0 Å². The van der Waals surface area contributed by atoms with Crippen molar-refractivity contribution >= 4 is 16.6 Å². The van der Waals surface area contributed by atoms with Crippen LogP contribution in [0.2, 0.25) is 0 Å². The van der Waals surface area contributed by atoms with Crippen LogP contribution in [0.4, 0.5) is 5.82 Å². The zero-order chi connectivity index (χ0) is 15.6. The summed E-state index contributed by atoms with van der Waals surface area (Å²) >= 11 is 0. The molecule has 1 N–H and O–H groups in total. The van der Waals surface area contributed by atoms with Crippen molar-refractivity contribution in [3.63, 3.8) is 0 Å². The Labute approximate surface area is 134 Å². The number of hydrogen-bond donors (Lipinski definition) is 1. The topological polar surface area (TPSA) is 58.5 Å². The summed E-state index contributed by atoms with van der Waals surface area (Å²) in [6.07, 6.45) is 0. The Bertz CT molecular complexity index is 827. The van der Waals surface area contributed by atoms with Crippen molar-refractivity contribution in [2.24, 2.45) is 0 Å². The van der Waals surface area contributed by atoms with Gasteiger partial charge in [-0.3, -0.25) is 0 Å². The van der Waals surface area contributed by atoms with Gasteiger partial charge in [-0.1, -0.05) is 24.3 Å². The fourth-order valence-electron chi connectivity index (χ4n) is 2.93. The summed E-state index contributed by atoms with van der Waals surface area (Å²) in [5, 5.41) is 20.6. The summed E-state index contributed by atoms with van der Waals surface area (Å²) < 4.78 is 5.42. The number of aromatic nitrogens is 2. The van der Waals surface area contributed by atoms with E-state index in [9.17, 15) is 5.11 Å². The summed E-state index contributed by atoms with van der Waals surface area (Å²) in [5.41, 5.74) is 1.78. The van der Waals surface area contributed by atoms with Gasteiger partial charge < -0.3 is 14.7 Å². The second-order valence-electron chi connectivity index (χ2n) is 5.56. The third-order valence-corrected chi connectivity index (χ3v) is 4.12. The number of morpholine rings is 1. The molecule has 23 heavy (non-hydrogen) atoms. The Morgan fingerprint density at radius 3 is 2.30 bits per heavy atom. The molecule has 0 atom stereocenters. The molecule has 4 rings (SSSR count). The number of hydrogen-bond acceptors (Lipinski definition) is 5. The minimum atomic E-state index is 0.246. The molecule has 5 nitrogen and oxygen atoms in total. The molecule has 0 spiro atoms. The molecule has 2 heterocycles. The van der Waals surface area contributed by atoms with Crippen molar-refractivity contribution in [3.8, 4) is 17.0 Å². The lowest BCUT2D eigenvalue weighted by Gasteiger charge is -2.28. The van der Waals surface area contributed by atoms with Crippen LogP contribution in [-0.4, -0.2) is 41.6 Å². The monoisotopic (exact) mass is 307 g/mol. The number of phenolic OH excluding ortho intramolecular Hbond substituents is 1. The van der Waals surface area contributed by atoms with Crippen molar-refractivity contribution in [2.75, 3.05) is 31.2 Å². The number of rotatable bonds is 2. The maximum atomic E-state index is 9.48. The molecule has 1 saturated heterocycles. The Hall–Kier alpha value is -2.66. The van der Waals surface area contributed by atoms with Gasteiger partial charge in [0.15, 0.2) is 5.82 Å². The zero-order valence-corrected chi connectivity index (χ0v) is 12.6. The lowest BCUT2D eigenvalue weighted by Crippen LogP contribution is -2.37. The molecule has 0 saturated carbocycles. The van der Waals surface area contributed by atoms with Gasteiger partial charge in [-0.15, -0.1) is 10.2 Å². The standard InChI is InChI=1S/C18H17N3O2/c22-14-7-5-13(6-8-14)17-15-3-1-2-4-16(15)18(20-19-17)21-9-11-23-12-10-21/h1-8,22H,9-12H2. The third-order valence-electron chi connectivity index (χ3n) is 4.12. The molecule has 5 heteroatoms. The fraction of sp³-hybridized carbons (Fsp3) is 0.222. The summed E-state index contributed by atoms with van der Waals surface area (Å²) in [4.78, 5) is 2.22. The number of aromatic hydroxyl groups is 1. The van der Waals surface area contributed by atoms with Crippen LogP contribution in [0.25, 0.3) is 22.0 Å². The van der Waals surface area contributed by atoms with E-state index in [1.54, 1.807) is 12.1 Å². The fourth-order valence-corrected chi connectivity index (χ4v) is 2.93. The molecular weight excluding hydrogens is 290 g/mol. The maximum absolute atomic E-state index is 9.48. The van der Waals surface area contributed by atoms with Crippen LogP contribution in [0.1, 0.15) is 0 Å². The zero-order valence-electron chi connectivity index (χ0n) is 12.6. The summed E-state index contributed by atoms with van der Waals surface area (Å²) in [5.74, 6) is 1.15. The van der Waals surface area contributed by atoms with E-state index in [1.165, 1.54) is 0 Å². The van der Waals surface area contributed by atoms with Crippen LogP contribution >= 0.6 is 0 Å². The minimum absolute atomic E-state index is 0.246. The molecule has 0 amide bonds. The van der Waals surface area contributed by atoms with Gasteiger partial charge in [-0.25, -0.2) is 0 Å². The first-order chi connectivity index (χ1) is 11.3. The molecule has 0 radical (unpaired) electrons. The molecule has 1 aliphatic rings. The number of nitrogens with zero attached hydrogens (tertiary/aromatic N) is 3. The van der Waals surface area contributed by atoms with Gasteiger partial charge in [0.05, 0.1) is 13.2 Å². The Kier molecular flexibility index (Phi) is 3.55. The van der Waals surface area contributed by atoms with E-state index < -0.39 is 0 Å². The van der Waals surface area contributed by atoms with Gasteiger partial charge >= 0.3 is 0 Å². The molecule has 3 aromatic rings. The molecule has 0 bridgehead atoms. The number of benzene rings is 2. The highest BCUT2D eigenvalue weighted by Crippen LogP contribution is 2.32. The average molecular weight is 307 g/mol. The van der Waals surface area contributed by atoms with Crippen LogP contribution in [0.3, 0.4) is 0 Å². The first-order valence-corrected chi connectivity index (χ1v) is 7.70. The quantitative estimate of drug-likeness (QED) is 0.789. The molecule has 1 fully saturated rings. The molecular formula is C18H17N3O2. The highest BCUT2D eigenvalue weighted by atomic mass is 16.5. The van der Waals surface area contributed by atoms with E-state index in [0.717, 1.165) is 54.2 Å². The molecule has 1 aromatic heterocycles. The Balaban J connectivity index is 1.86. The minimum Gasteiger partial charge on any atom is -0.508 e. The molecule has 0 aliphatic carbocycles. The van der Waals surface area contributed by atoms with E-state index in [4.69, 9.17) is 4.74 Å². The second kappa shape index (κ2) is 5.85. The van der Waals surface area contributed by atoms with E-state index >= 15 is 0 Å². The van der Waals surface area contributed by atoms with E-state index in [-0.39, 0.29) is 5.75 Å². The van der Waals surface area contributed by atoms with Gasteiger partial charge in [-0.05, 0) is 24.3 Å². The van der Waals surface area contributed by atoms with E-state index in [0.29, 0.717) is 0 Å². The van der Waals surface area contributed by atoms with Gasteiger partial charge in [0.25, 0.3) is 0 Å². The van der Waals surface area contributed by atoms with Crippen LogP contribution in [-0.2, 0) is 4.74 Å². The number of ether oxygens (including phenoxy) is 1. The average Bonchev–Trinajstić information content (AvgIpc) is 2.62. The van der Waals surface area contributed by atoms with Gasteiger partial charge in [0, 0.05) is 29.4 Å². The summed E-state index contributed by atoms with van der Waals surface area (Å²) in [7, 11) is 0. The van der Waals surface area contributed by atoms with Crippen LogP contribution in [0.15, 0.2) is 48.5 Å². The first kappa shape index (κ1) is 14.0. The highest BCUT2D eigenvalue weighted by Gasteiger charge is 2.18. The molecule has 116 valence electrons. The van der Waals surface area contributed by atoms with Crippen molar-refractivity contribution in [2.45, 2.75) is 0 Å². The third kappa shape index (κ3) is 2.59. The van der Waals surface area contributed by atoms with E-state index in [1.807, 2.05) is 24.3 Å². The van der Waals surface area contributed by atoms with Crippen LogP contribution in [0, 0.1) is 0 Å². The Morgan fingerprint density at radius 1 is 0.870 bits per heavy atom. The lowest BCUT2D eigenvalue weighted by molar-refractivity contribution is 0.122. The van der Waals surface area contributed by atoms with Crippen LogP contribution in [0.5, 0.6) is 5.75 Å². The summed E-state index contributed by atoms with van der Waals surface area (Å²) in [6, 6.07) is 15.2. The number of phenols is 1. The van der Waals surface area contributed by atoms with Crippen molar-refractivity contribution in [1.82, 2.24) is 10.2 Å². The van der Waals surface area contributed by atoms with Crippen LogP contribution < -0.4 is 4.90 Å². The molecule has 2 aromatic carbocycles. The van der Waals surface area contributed by atoms with Crippen molar-refractivity contribution < 1.29 is 9.84 Å². The van der Waals surface area contributed by atoms with Gasteiger partial charge in [0.2, 0.25) is 0 Å². The molecule has 1 aliphatic heterocycles.